The van der Waals surface area contributed by atoms with Crippen molar-refractivity contribution in [2.75, 3.05) is 32.3 Å². The maximum atomic E-state index is 12.0. The third-order valence-electron chi connectivity index (χ3n) is 4.02. The second-order valence-electron chi connectivity index (χ2n) is 5.73. The highest BCUT2D eigenvalue weighted by Gasteiger charge is 2.27. The lowest BCUT2D eigenvalue weighted by Crippen LogP contribution is -2.30. The molecule has 1 aromatic carbocycles. The van der Waals surface area contributed by atoms with Crippen LogP contribution in [0.3, 0.4) is 0 Å². The van der Waals surface area contributed by atoms with Crippen LogP contribution in [-0.4, -0.2) is 46.6 Å². The smallest absolute Gasteiger partial charge is 0.220 e. The van der Waals surface area contributed by atoms with E-state index < -0.39 is 9.84 Å². The monoisotopic (exact) mass is 341 g/mol. The molecule has 1 aromatic rings. The summed E-state index contributed by atoms with van der Waals surface area (Å²) in [5.41, 5.74) is 0.908. The molecule has 1 aliphatic heterocycles. The van der Waals surface area contributed by atoms with Gasteiger partial charge in [0.2, 0.25) is 5.91 Å². The van der Waals surface area contributed by atoms with Crippen molar-refractivity contribution in [2.24, 2.45) is 5.92 Å². The molecule has 1 amide bonds. The first-order valence-electron chi connectivity index (χ1n) is 7.62. The predicted molar refractivity (Wildman–Crippen MR) is 87.6 cm³/mol. The van der Waals surface area contributed by atoms with Crippen LogP contribution in [0.5, 0.6) is 11.5 Å². The van der Waals surface area contributed by atoms with Crippen LogP contribution < -0.4 is 14.8 Å². The molecule has 0 radical (unpaired) electrons. The standard InChI is InChI=1S/C16H23NO5S/c1-21-14-5-3-4-13(16(14)22-2)6-7-15(18)17-10-12-8-9-23(19,20)11-12/h3-5,12H,6-11H2,1-2H3,(H,17,18)/t12-/m0/s1. The average Bonchev–Trinajstić information content (AvgIpc) is 2.89. The van der Waals surface area contributed by atoms with Crippen molar-refractivity contribution < 1.29 is 22.7 Å². The number of rotatable bonds is 7. The van der Waals surface area contributed by atoms with E-state index in [-0.39, 0.29) is 23.3 Å². The Labute approximate surface area is 137 Å². The molecule has 1 saturated heterocycles. The molecule has 0 aliphatic carbocycles. The molecular formula is C16H23NO5S. The number of nitrogens with one attached hydrogen (secondary N) is 1. The molecule has 1 aliphatic rings. The second kappa shape index (κ2) is 7.68. The number of hydrogen-bond donors (Lipinski definition) is 1. The molecule has 1 atom stereocenters. The highest BCUT2D eigenvalue weighted by atomic mass is 32.2. The Bertz CT molecular complexity index is 656. The molecule has 1 N–H and O–H groups in total. The van der Waals surface area contributed by atoms with Gasteiger partial charge in [-0.3, -0.25) is 4.79 Å². The first-order chi connectivity index (χ1) is 10.9. The van der Waals surface area contributed by atoms with Crippen molar-refractivity contribution in [3.63, 3.8) is 0 Å². The van der Waals surface area contributed by atoms with Crippen LogP contribution in [-0.2, 0) is 21.1 Å². The summed E-state index contributed by atoms with van der Waals surface area (Å²) in [6, 6.07) is 5.57. The van der Waals surface area contributed by atoms with Gasteiger partial charge in [0.15, 0.2) is 21.3 Å². The zero-order chi connectivity index (χ0) is 16.9. The third kappa shape index (κ3) is 4.86. The molecule has 128 valence electrons. The van der Waals surface area contributed by atoms with Crippen LogP contribution >= 0.6 is 0 Å². The first-order valence-corrected chi connectivity index (χ1v) is 9.44. The molecule has 2 rings (SSSR count). The van der Waals surface area contributed by atoms with Crippen LogP contribution in [0.15, 0.2) is 18.2 Å². The van der Waals surface area contributed by atoms with Crippen LogP contribution in [0.1, 0.15) is 18.4 Å². The summed E-state index contributed by atoms with van der Waals surface area (Å²) < 4.78 is 33.4. The molecule has 1 fully saturated rings. The molecule has 6 nitrogen and oxygen atoms in total. The third-order valence-corrected chi connectivity index (χ3v) is 5.86. The highest BCUT2D eigenvalue weighted by molar-refractivity contribution is 7.91. The van der Waals surface area contributed by atoms with Gasteiger partial charge < -0.3 is 14.8 Å². The Morgan fingerprint density at radius 3 is 2.70 bits per heavy atom. The highest BCUT2D eigenvalue weighted by Crippen LogP contribution is 2.31. The number of carbonyl (C=O) groups excluding carboxylic acids is 1. The van der Waals surface area contributed by atoms with Gasteiger partial charge in [-0.1, -0.05) is 12.1 Å². The number of para-hydroxylation sites is 1. The first kappa shape index (κ1) is 17.6. The van der Waals surface area contributed by atoms with Crippen LogP contribution in [0.2, 0.25) is 0 Å². The van der Waals surface area contributed by atoms with Crippen molar-refractivity contribution in [1.82, 2.24) is 5.32 Å². The lowest BCUT2D eigenvalue weighted by molar-refractivity contribution is -0.121. The van der Waals surface area contributed by atoms with E-state index in [2.05, 4.69) is 5.32 Å². The SMILES string of the molecule is COc1cccc(CCC(=O)NC[C@@H]2CCS(=O)(=O)C2)c1OC. The fourth-order valence-electron chi connectivity index (χ4n) is 2.78. The number of amides is 1. The average molecular weight is 341 g/mol. The van der Waals surface area contributed by atoms with E-state index in [9.17, 15) is 13.2 Å². The van der Waals surface area contributed by atoms with Gasteiger partial charge in [-0.25, -0.2) is 8.42 Å². The quantitative estimate of drug-likeness (QED) is 0.805. The predicted octanol–water partition coefficient (Wildman–Crippen LogP) is 1.19. The molecule has 0 saturated carbocycles. The lowest BCUT2D eigenvalue weighted by Gasteiger charge is -2.13. The van der Waals surface area contributed by atoms with Crippen molar-refractivity contribution in [3.05, 3.63) is 23.8 Å². The Morgan fingerprint density at radius 2 is 2.09 bits per heavy atom. The topological polar surface area (TPSA) is 81.7 Å². The van der Waals surface area contributed by atoms with Gasteiger partial charge in [-0.2, -0.15) is 0 Å². The lowest BCUT2D eigenvalue weighted by atomic mass is 10.1. The summed E-state index contributed by atoms with van der Waals surface area (Å²) >= 11 is 0. The minimum absolute atomic E-state index is 0.0373. The van der Waals surface area contributed by atoms with E-state index >= 15 is 0 Å². The zero-order valence-corrected chi connectivity index (χ0v) is 14.3. The summed E-state index contributed by atoms with van der Waals surface area (Å²) in [5.74, 6) is 1.65. The van der Waals surface area contributed by atoms with Crippen molar-refractivity contribution in [1.29, 1.82) is 0 Å². The van der Waals surface area contributed by atoms with E-state index in [4.69, 9.17) is 9.47 Å². The van der Waals surface area contributed by atoms with Gasteiger partial charge >= 0.3 is 0 Å². The molecular weight excluding hydrogens is 318 g/mol. The largest absolute Gasteiger partial charge is 0.493 e. The van der Waals surface area contributed by atoms with Crippen molar-refractivity contribution in [2.45, 2.75) is 19.3 Å². The molecule has 0 spiro atoms. The number of carbonyl (C=O) groups is 1. The van der Waals surface area contributed by atoms with Crippen LogP contribution in [0.25, 0.3) is 0 Å². The summed E-state index contributed by atoms with van der Waals surface area (Å²) in [4.78, 5) is 12.0. The summed E-state index contributed by atoms with van der Waals surface area (Å²) in [5, 5.41) is 2.82. The Hall–Kier alpha value is -1.76. The maximum absolute atomic E-state index is 12.0. The molecule has 0 bridgehead atoms. The summed E-state index contributed by atoms with van der Waals surface area (Å²) in [6.07, 6.45) is 1.49. The number of methoxy groups -OCH3 is 2. The number of benzene rings is 1. The van der Waals surface area contributed by atoms with Gasteiger partial charge in [-0.05, 0) is 30.4 Å². The van der Waals surface area contributed by atoms with Gasteiger partial charge in [0.1, 0.15) is 0 Å². The van der Waals surface area contributed by atoms with Crippen LogP contribution in [0.4, 0.5) is 0 Å². The maximum Gasteiger partial charge on any atom is 0.220 e. The van der Waals surface area contributed by atoms with Crippen LogP contribution in [0, 0.1) is 5.92 Å². The number of hydrogen-bond acceptors (Lipinski definition) is 5. The van der Waals surface area contributed by atoms with Gasteiger partial charge in [-0.15, -0.1) is 0 Å². The van der Waals surface area contributed by atoms with Gasteiger partial charge in [0, 0.05) is 13.0 Å². The summed E-state index contributed by atoms with van der Waals surface area (Å²) in [6.45, 7) is 0.424. The minimum Gasteiger partial charge on any atom is -0.493 e. The second-order valence-corrected chi connectivity index (χ2v) is 7.95. The fourth-order valence-corrected chi connectivity index (χ4v) is 4.64. The minimum atomic E-state index is -2.90. The van der Waals surface area contributed by atoms with E-state index in [1.165, 1.54) is 0 Å². The van der Waals surface area contributed by atoms with Gasteiger partial charge in [0.25, 0.3) is 0 Å². The van der Waals surface area contributed by atoms with E-state index in [0.29, 0.717) is 37.3 Å². The van der Waals surface area contributed by atoms with Crippen molar-refractivity contribution >= 4 is 15.7 Å². The zero-order valence-electron chi connectivity index (χ0n) is 13.5. The normalized spacial score (nSPS) is 19.3. The molecule has 0 unspecified atom stereocenters. The molecule has 7 heteroatoms. The van der Waals surface area contributed by atoms with E-state index in [0.717, 1.165) is 5.56 Å². The molecule has 0 aromatic heterocycles. The Kier molecular flexibility index (Phi) is 5.87. The Balaban J connectivity index is 1.83. The Morgan fingerprint density at radius 1 is 1.30 bits per heavy atom. The number of ether oxygens (including phenoxy) is 2. The van der Waals surface area contributed by atoms with Gasteiger partial charge in [0.05, 0.1) is 25.7 Å². The number of sulfone groups is 1. The fraction of sp³-hybridized carbons (Fsp3) is 0.562. The number of aryl methyl sites for hydroxylation is 1. The molecule has 1 heterocycles. The van der Waals surface area contributed by atoms with Crippen molar-refractivity contribution in [3.8, 4) is 11.5 Å². The molecule has 23 heavy (non-hydrogen) atoms. The van der Waals surface area contributed by atoms with E-state index in [1.807, 2.05) is 18.2 Å². The van der Waals surface area contributed by atoms with E-state index in [1.54, 1.807) is 14.2 Å². The summed E-state index contributed by atoms with van der Waals surface area (Å²) in [7, 11) is 0.248.